The molecule has 4 aromatic rings. The van der Waals surface area contributed by atoms with Crippen molar-refractivity contribution in [2.45, 2.75) is 18.9 Å². The molecule has 5 nitrogen and oxygen atoms in total. The summed E-state index contributed by atoms with van der Waals surface area (Å²) in [6.45, 7) is 4.13. The zero-order chi connectivity index (χ0) is 24.6. The molecule has 1 saturated heterocycles. The van der Waals surface area contributed by atoms with Crippen LogP contribution in [0.15, 0.2) is 72.9 Å². The van der Waals surface area contributed by atoms with Crippen LogP contribution in [0.3, 0.4) is 0 Å². The predicted octanol–water partition coefficient (Wildman–Crippen LogP) is 5.23. The molecule has 3 heterocycles. The van der Waals surface area contributed by atoms with Gasteiger partial charge in [0.25, 0.3) is 5.91 Å². The molecule has 1 aromatic heterocycles. The average molecular weight is 487 g/mol. The number of fused-ring (bicyclic) bond motifs is 2. The van der Waals surface area contributed by atoms with Gasteiger partial charge in [0.05, 0.1) is 6.04 Å². The summed E-state index contributed by atoms with van der Waals surface area (Å²) >= 11 is 0. The summed E-state index contributed by atoms with van der Waals surface area (Å²) in [5.41, 5.74) is 3.66. The minimum absolute atomic E-state index is 0.161. The fourth-order valence-corrected chi connectivity index (χ4v) is 5.69. The molecule has 3 aromatic carbocycles. The first-order valence-corrected chi connectivity index (χ1v) is 12.5. The molecule has 1 amide bonds. The number of hydrogen-bond donors (Lipinski definition) is 1. The highest BCUT2D eigenvalue weighted by atomic mass is 19.1. The lowest BCUT2D eigenvalue weighted by Gasteiger charge is -2.42. The smallest absolute Gasteiger partial charge is 0.264 e. The molecule has 1 fully saturated rings. The van der Waals surface area contributed by atoms with Crippen molar-refractivity contribution < 1.29 is 13.6 Å². The number of para-hydroxylation sites is 1. The summed E-state index contributed by atoms with van der Waals surface area (Å²) in [7, 11) is 0. The number of anilines is 2. The van der Waals surface area contributed by atoms with Crippen molar-refractivity contribution in [3.05, 3.63) is 95.7 Å². The quantitative estimate of drug-likeness (QED) is 0.430. The molecule has 2 aliphatic rings. The van der Waals surface area contributed by atoms with E-state index in [0.717, 1.165) is 67.9 Å². The van der Waals surface area contributed by atoms with E-state index in [-0.39, 0.29) is 6.04 Å². The van der Waals surface area contributed by atoms with Gasteiger partial charge < -0.3 is 14.8 Å². The van der Waals surface area contributed by atoms with Gasteiger partial charge in [-0.15, -0.1) is 0 Å². The second kappa shape index (κ2) is 9.39. The van der Waals surface area contributed by atoms with Crippen LogP contribution in [-0.4, -0.2) is 54.6 Å². The highest BCUT2D eigenvalue weighted by Gasteiger charge is 2.35. The predicted molar refractivity (Wildman–Crippen MR) is 139 cm³/mol. The second-order valence-electron chi connectivity index (χ2n) is 9.60. The number of aryl methyl sites for hydroxylation is 1. The first kappa shape index (κ1) is 22.7. The highest BCUT2D eigenvalue weighted by Crippen LogP contribution is 2.34. The zero-order valence-electron chi connectivity index (χ0n) is 20.0. The molecule has 7 heteroatoms. The molecule has 1 N–H and O–H groups in total. The third-order valence-corrected chi connectivity index (χ3v) is 7.51. The van der Waals surface area contributed by atoms with E-state index in [1.54, 1.807) is 4.90 Å². The van der Waals surface area contributed by atoms with Crippen molar-refractivity contribution in [2.75, 3.05) is 42.5 Å². The van der Waals surface area contributed by atoms with Gasteiger partial charge in [-0.05, 0) is 54.8 Å². The maximum atomic E-state index is 14.6. The van der Waals surface area contributed by atoms with Gasteiger partial charge in [0, 0.05) is 61.2 Å². The van der Waals surface area contributed by atoms with Crippen molar-refractivity contribution in [3.8, 4) is 0 Å². The van der Waals surface area contributed by atoms with Crippen LogP contribution < -0.4 is 9.80 Å². The molecular weight excluding hydrogens is 458 g/mol. The fourth-order valence-electron chi connectivity index (χ4n) is 5.69. The van der Waals surface area contributed by atoms with Crippen LogP contribution in [-0.2, 0) is 6.42 Å². The van der Waals surface area contributed by atoms with E-state index < -0.39 is 23.1 Å². The van der Waals surface area contributed by atoms with E-state index in [9.17, 15) is 13.6 Å². The number of benzene rings is 3. The van der Waals surface area contributed by atoms with Crippen LogP contribution in [0.4, 0.5) is 20.2 Å². The number of rotatable bonds is 4. The Bertz CT molecular complexity index is 1390. The minimum Gasteiger partial charge on any atom is -0.368 e. The molecule has 36 heavy (non-hydrogen) atoms. The highest BCUT2D eigenvalue weighted by molar-refractivity contribution is 6.07. The first-order chi connectivity index (χ1) is 17.6. The van der Waals surface area contributed by atoms with Crippen LogP contribution in [0, 0.1) is 11.6 Å². The summed E-state index contributed by atoms with van der Waals surface area (Å²) in [6, 6.07) is 19.5. The van der Waals surface area contributed by atoms with Crippen LogP contribution in [0.1, 0.15) is 22.3 Å². The van der Waals surface area contributed by atoms with Gasteiger partial charge in [0.15, 0.2) is 0 Å². The fraction of sp³-hybridized carbons (Fsp3) is 0.276. The number of piperazine rings is 1. The lowest BCUT2D eigenvalue weighted by molar-refractivity contribution is 0.0954. The molecule has 1 atom stereocenters. The molecule has 0 aliphatic carbocycles. The van der Waals surface area contributed by atoms with Gasteiger partial charge in [-0.1, -0.05) is 30.3 Å². The van der Waals surface area contributed by atoms with E-state index >= 15 is 0 Å². The van der Waals surface area contributed by atoms with Crippen molar-refractivity contribution in [1.29, 1.82) is 0 Å². The molecular formula is C29H28F2N4O. The molecule has 0 bridgehead atoms. The SMILES string of the molecule is O=C(c1c(F)cccc1F)N1c2ccccc2CCC1CN1CCN(c2cccc3[nH]ccc23)CC1. The summed E-state index contributed by atoms with van der Waals surface area (Å²) < 4.78 is 29.2. The number of hydrogen-bond acceptors (Lipinski definition) is 3. The van der Waals surface area contributed by atoms with Gasteiger partial charge in [-0.2, -0.15) is 0 Å². The Morgan fingerprint density at radius 3 is 2.39 bits per heavy atom. The average Bonchev–Trinajstić information content (AvgIpc) is 3.38. The number of nitrogens with one attached hydrogen (secondary N) is 1. The summed E-state index contributed by atoms with van der Waals surface area (Å²) in [5, 5.41) is 1.22. The molecule has 6 rings (SSSR count). The van der Waals surface area contributed by atoms with E-state index in [1.165, 1.54) is 17.1 Å². The minimum atomic E-state index is -0.825. The number of carbonyl (C=O) groups is 1. The lowest BCUT2D eigenvalue weighted by atomic mass is 9.94. The maximum Gasteiger partial charge on any atom is 0.264 e. The zero-order valence-corrected chi connectivity index (χ0v) is 20.0. The number of H-pyrrole nitrogens is 1. The largest absolute Gasteiger partial charge is 0.368 e. The summed E-state index contributed by atoms with van der Waals surface area (Å²) in [6.07, 6.45) is 3.55. The van der Waals surface area contributed by atoms with Crippen LogP contribution in [0.5, 0.6) is 0 Å². The van der Waals surface area contributed by atoms with E-state index in [4.69, 9.17) is 0 Å². The molecule has 2 aliphatic heterocycles. The summed E-state index contributed by atoms with van der Waals surface area (Å²) in [5.74, 6) is -2.26. The Morgan fingerprint density at radius 1 is 0.861 bits per heavy atom. The Hall–Kier alpha value is -3.71. The Morgan fingerprint density at radius 2 is 1.58 bits per heavy atom. The first-order valence-electron chi connectivity index (χ1n) is 12.5. The third kappa shape index (κ3) is 4.03. The molecule has 0 spiro atoms. The second-order valence-corrected chi connectivity index (χ2v) is 9.60. The van der Waals surface area contributed by atoms with Crippen molar-refractivity contribution in [2.24, 2.45) is 0 Å². The summed E-state index contributed by atoms with van der Waals surface area (Å²) in [4.78, 5) is 23.3. The van der Waals surface area contributed by atoms with Crippen molar-refractivity contribution in [1.82, 2.24) is 9.88 Å². The van der Waals surface area contributed by atoms with Gasteiger partial charge >= 0.3 is 0 Å². The Balaban J connectivity index is 1.23. The van der Waals surface area contributed by atoms with Crippen LogP contribution in [0.2, 0.25) is 0 Å². The number of aromatic amines is 1. The molecule has 0 radical (unpaired) electrons. The van der Waals surface area contributed by atoms with Gasteiger partial charge in [-0.25, -0.2) is 8.78 Å². The number of carbonyl (C=O) groups excluding carboxylic acids is 1. The molecule has 184 valence electrons. The van der Waals surface area contributed by atoms with Gasteiger partial charge in [0.1, 0.15) is 17.2 Å². The topological polar surface area (TPSA) is 42.6 Å². The van der Waals surface area contributed by atoms with Crippen LogP contribution >= 0.6 is 0 Å². The number of halogens is 2. The van der Waals surface area contributed by atoms with Crippen molar-refractivity contribution >= 4 is 28.2 Å². The van der Waals surface area contributed by atoms with E-state index in [0.29, 0.717) is 6.54 Å². The number of aromatic nitrogens is 1. The van der Waals surface area contributed by atoms with E-state index in [1.807, 2.05) is 30.5 Å². The third-order valence-electron chi connectivity index (χ3n) is 7.51. The molecule has 1 unspecified atom stereocenters. The van der Waals surface area contributed by atoms with E-state index in [2.05, 4.69) is 39.0 Å². The van der Waals surface area contributed by atoms with Gasteiger partial charge in [0.2, 0.25) is 0 Å². The lowest BCUT2D eigenvalue weighted by Crippen LogP contribution is -2.54. The maximum absolute atomic E-state index is 14.6. The van der Waals surface area contributed by atoms with Gasteiger partial charge in [-0.3, -0.25) is 9.69 Å². The molecule has 0 saturated carbocycles. The normalized spacial score (nSPS) is 18.4. The van der Waals surface area contributed by atoms with Crippen molar-refractivity contribution in [3.63, 3.8) is 0 Å². The number of nitrogens with zero attached hydrogens (tertiary/aromatic N) is 3. The monoisotopic (exact) mass is 486 g/mol. The Labute approximate surface area is 208 Å². The standard InChI is InChI=1S/C29H28F2N4O/c30-23-6-3-7-24(31)28(23)29(36)35-21(12-11-20-5-1-2-9-26(20)35)19-33-15-17-34(18-16-33)27-10-4-8-25-22(27)13-14-32-25/h1-10,13-14,21,32H,11-12,15-19H2. The number of amides is 1. The Kier molecular flexibility index (Phi) is 5.93. The van der Waals surface area contributed by atoms with Crippen LogP contribution in [0.25, 0.3) is 10.9 Å².